The van der Waals surface area contributed by atoms with Crippen molar-refractivity contribution in [2.45, 2.75) is 6.92 Å². The van der Waals surface area contributed by atoms with E-state index >= 15 is 0 Å². The number of allylic oxidation sites excluding steroid dienone is 1. The molecule has 2 rings (SSSR count). The van der Waals surface area contributed by atoms with Gasteiger partial charge < -0.3 is 0 Å². The highest BCUT2D eigenvalue weighted by Crippen LogP contribution is 2.22. The van der Waals surface area contributed by atoms with Crippen LogP contribution in [0.4, 0.5) is 4.39 Å². The summed E-state index contributed by atoms with van der Waals surface area (Å²) in [6, 6.07) is 12.1. The fourth-order valence-electron chi connectivity index (χ4n) is 1.65. The minimum Gasteiger partial charge on any atom is -0.206 e. The number of halogens is 3. The van der Waals surface area contributed by atoms with Crippen molar-refractivity contribution in [2.75, 3.05) is 0 Å². The van der Waals surface area contributed by atoms with Gasteiger partial charge in [0.15, 0.2) is 0 Å². The Morgan fingerprint density at radius 1 is 1.00 bits per heavy atom. The third kappa shape index (κ3) is 3.12. The Morgan fingerprint density at radius 3 is 2.22 bits per heavy atom. The summed E-state index contributed by atoms with van der Waals surface area (Å²) in [5, 5.41) is 1.08. The molecule has 2 aromatic rings. The lowest BCUT2D eigenvalue weighted by Gasteiger charge is -2.03. The number of hydrogen-bond acceptors (Lipinski definition) is 0. The zero-order valence-corrected chi connectivity index (χ0v) is 11.3. The van der Waals surface area contributed by atoms with Gasteiger partial charge in [-0.2, -0.15) is 0 Å². The first-order valence-corrected chi connectivity index (χ1v) is 6.21. The van der Waals surface area contributed by atoms with Crippen LogP contribution in [0.3, 0.4) is 0 Å². The SMILES string of the molecule is C/C(=C/c1ccc(Cl)cc1F)c1ccc(Cl)cc1. The fourth-order valence-corrected chi connectivity index (χ4v) is 1.93. The first-order valence-electron chi connectivity index (χ1n) is 5.45. The summed E-state index contributed by atoms with van der Waals surface area (Å²) in [4.78, 5) is 0. The molecule has 0 unspecified atom stereocenters. The molecule has 2 aromatic carbocycles. The lowest BCUT2D eigenvalue weighted by atomic mass is 10.0. The molecule has 0 radical (unpaired) electrons. The Morgan fingerprint density at radius 2 is 1.61 bits per heavy atom. The Labute approximate surface area is 116 Å². The molecule has 0 bridgehead atoms. The minimum absolute atomic E-state index is 0.323. The average molecular weight is 281 g/mol. The van der Waals surface area contributed by atoms with E-state index in [0.717, 1.165) is 11.1 Å². The van der Waals surface area contributed by atoms with Crippen LogP contribution < -0.4 is 0 Å². The van der Waals surface area contributed by atoms with Crippen molar-refractivity contribution in [3.63, 3.8) is 0 Å². The molecule has 0 saturated carbocycles. The van der Waals surface area contributed by atoms with Crippen LogP contribution in [0.2, 0.25) is 10.0 Å². The minimum atomic E-state index is -0.323. The normalized spacial score (nSPS) is 11.7. The van der Waals surface area contributed by atoms with E-state index in [1.807, 2.05) is 31.2 Å². The molecular weight excluding hydrogens is 270 g/mol. The van der Waals surface area contributed by atoms with Crippen molar-refractivity contribution < 1.29 is 4.39 Å². The van der Waals surface area contributed by atoms with Gasteiger partial charge in [-0.05, 0) is 48.4 Å². The first-order chi connectivity index (χ1) is 8.56. The van der Waals surface area contributed by atoms with E-state index in [4.69, 9.17) is 23.2 Å². The maximum absolute atomic E-state index is 13.6. The number of hydrogen-bond donors (Lipinski definition) is 0. The second-order valence-corrected chi connectivity index (χ2v) is 4.87. The van der Waals surface area contributed by atoms with Crippen LogP contribution in [-0.2, 0) is 0 Å². The van der Waals surface area contributed by atoms with Crippen LogP contribution in [0, 0.1) is 5.82 Å². The quantitative estimate of drug-likeness (QED) is 0.620. The standard InChI is InChI=1S/C15H11Cl2F/c1-10(11-2-5-13(16)6-3-11)8-12-4-7-14(17)9-15(12)18/h2-9H,1H3/b10-8-. The zero-order valence-electron chi connectivity index (χ0n) is 9.75. The van der Waals surface area contributed by atoms with Crippen LogP contribution in [0.5, 0.6) is 0 Å². The van der Waals surface area contributed by atoms with E-state index < -0.39 is 0 Å². The molecule has 0 nitrogen and oxygen atoms in total. The molecule has 0 aliphatic carbocycles. The maximum atomic E-state index is 13.6. The van der Waals surface area contributed by atoms with Gasteiger partial charge in [0.05, 0.1) is 0 Å². The summed E-state index contributed by atoms with van der Waals surface area (Å²) in [7, 11) is 0. The van der Waals surface area contributed by atoms with Gasteiger partial charge >= 0.3 is 0 Å². The molecule has 0 aromatic heterocycles. The van der Waals surface area contributed by atoms with E-state index in [1.54, 1.807) is 18.2 Å². The monoisotopic (exact) mass is 280 g/mol. The summed E-state index contributed by atoms with van der Waals surface area (Å²) < 4.78 is 13.6. The van der Waals surface area contributed by atoms with Crippen LogP contribution in [-0.4, -0.2) is 0 Å². The van der Waals surface area contributed by atoms with Crippen molar-refractivity contribution in [1.82, 2.24) is 0 Å². The molecule has 0 fully saturated rings. The number of rotatable bonds is 2. The Bertz CT molecular complexity index is 586. The Kier molecular flexibility index (Phi) is 4.05. The van der Waals surface area contributed by atoms with Gasteiger partial charge in [0, 0.05) is 15.6 Å². The van der Waals surface area contributed by atoms with E-state index in [1.165, 1.54) is 6.07 Å². The third-order valence-electron chi connectivity index (χ3n) is 2.63. The summed E-state index contributed by atoms with van der Waals surface area (Å²) in [6.07, 6.45) is 1.79. The highest BCUT2D eigenvalue weighted by atomic mass is 35.5. The first kappa shape index (κ1) is 13.1. The summed E-state index contributed by atoms with van der Waals surface area (Å²) >= 11 is 11.5. The van der Waals surface area contributed by atoms with Crippen molar-refractivity contribution >= 4 is 34.9 Å². The molecule has 3 heteroatoms. The van der Waals surface area contributed by atoms with Crippen LogP contribution in [0.1, 0.15) is 18.1 Å². The van der Waals surface area contributed by atoms with Crippen molar-refractivity contribution in [1.29, 1.82) is 0 Å². The molecular formula is C15H11Cl2F. The predicted octanol–water partition coefficient (Wildman–Crippen LogP) is 5.69. The maximum Gasteiger partial charge on any atom is 0.131 e. The molecule has 18 heavy (non-hydrogen) atoms. The zero-order chi connectivity index (χ0) is 13.1. The second-order valence-electron chi connectivity index (χ2n) is 4.00. The van der Waals surface area contributed by atoms with Gasteiger partial charge in [0.2, 0.25) is 0 Å². The molecule has 0 spiro atoms. The second kappa shape index (κ2) is 5.55. The predicted molar refractivity (Wildman–Crippen MR) is 76.4 cm³/mol. The summed E-state index contributed by atoms with van der Waals surface area (Å²) in [5.74, 6) is -0.323. The molecule has 92 valence electrons. The van der Waals surface area contributed by atoms with E-state index in [0.29, 0.717) is 15.6 Å². The lowest BCUT2D eigenvalue weighted by Crippen LogP contribution is -1.84. The van der Waals surface area contributed by atoms with Gasteiger partial charge in [-0.25, -0.2) is 4.39 Å². The van der Waals surface area contributed by atoms with Crippen molar-refractivity contribution in [3.05, 3.63) is 69.5 Å². The van der Waals surface area contributed by atoms with Gasteiger partial charge in [0.25, 0.3) is 0 Å². The molecule has 0 aliphatic heterocycles. The number of benzene rings is 2. The summed E-state index contributed by atoms with van der Waals surface area (Å²) in [6.45, 7) is 1.93. The van der Waals surface area contributed by atoms with E-state index in [2.05, 4.69) is 0 Å². The fraction of sp³-hybridized carbons (Fsp3) is 0.0667. The van der Waals surface area contributed by atoms with E-state index in [9.17, 15) is 4.39 Å². The highest BCUT2D eigenvalue weighted by Gasteiger charge is 2.02. The van der Waals surface area contributed by atoms with Crippen LogP contribution in [0.25, 0.3) is 11.6 Å². The lowest BCUT2D eigenvalue weighted by molar-refractivity contribution is 0.625. The van der Waals surface area contributed by atoms with Crippen molar-refractivity contribution in [3.8, 4) is 0 Å². The van der Waals surface area contributed by atoms with E-state index in [-0.39, 0.29) is 5.82 Å². The molecule has 0 amide bonds. The van der Waals surface area contributed by atoms with Gasteiger partial charge in [-0.15, -0.1) is 0 Å². The highest BCUT2D eigenvalue weighted by molar-refractivity contribution is 6.30. The van der Waals surface area contributed by atoms with Crippen molar-refractivity contribution in [2.24, 2.45) is 0 Å². The third-order valence-corrected chi connectivity index (χ3v) is 3.12. The Hall–Kier alpha value is -1.31. The molecule has 0 saturated heterocycles. The average Bonchev–Trinajstić information content (AvgIpc) is 2.33. The summed E-state index contributed by atoms with van der Waals surface area (Å²) in [5.41, 5.74) is 2.49. The van der Waals surface area contributed by atoms with Gasteiger partial charge in [-0.3, -0.25) is 0 Å². The van der Waals surface area contributed by atoms with Gasteiger partial charge in [0.1, 0.15) is 5.82 Å². The van der Waals surface area contributed by atoms with Gasteiger partial charge in [-0.1, -0.05) is 41.4 Å². The van der Waals surface area contributed by atoms with Crippen LogP contribution >= 0.6 is 23.2 Å². The largest absolute Gasteiger partial charge is 0.206 e. The molecule has 0 aliphatic rings. The molecule has 0 N–H and O–H groups in total. The molecule has 0 atom stereocenters. The van der Waals surface area contributed by atoms with Crippen LogP contribution in [0.15, 0.2) is 42.5 Å². The topological polar surface area (TPSA) is 0 Å². The Balaban J connectivity index is 2.35. The smallest absolute Gasteiger partial charge is 0.131 e. The molecule has 0 heterocycles.